The van der Waals surface area contributed by atoms with Crippen LogP contribution in [0.1, 0.15) is 99.8 Å². The SMILES string of the molecule is CCCCCCCCCCCN1CCC(=C2c3ccccc3C=Cc3ccccc32)CC1. The highest BCUT2D eigenvalue weighted by molar-refractivity contribution is 5.94. The Morgan fingerprint density at radius 1 is 0.625 bits per heavy atom. The number of unbranched alkanes of at least 4 members (excludes halogenated alkanes) is 8. The van der Waals surface area contributed by atoms with E-state index in [1.165, 1.54) is 118 Å². The fraction of sp³-hybridized carbons (Fsp3) is 0.484. The average molecular weight is 428 g/mol. The lowest BCUT2D eigenvalue weighted by atomic mass is 9.86. The molecule has 170 valence electrons. The van der Waals surface area contributed by atoms with E-state index in [1.807, 2.05) is 0 Å². The van der Waals surface area contributed by atoms with Crippen molar-refractivity contribution in [2.45, 2.75) is 77.6 Å². The molecule has 1 heterocycles. The van der Waals surface area contributed by atoms with Gasteiger partial charge < -0.3 is 4.90 Å². The maximum absolute atomic E-state index is 2.71. The molecule has 1 nitrogen and oxygen atoms in total. The van der Waals surface area contributed by atoms with Crippen LogP contribution in [0.15, 0.2) is 54.1 Å². The van der Waals surface area contributed by atoms with Crippen LogP contribution in [0.5, 0.6) is 0 Å². The van der Waals surface area contributed by atoms with Crippen molar-refractivity contribution < 1.29 is 0 Å². The molecule has 1 aliphatic carbocycles. The van der Waals surface area contributed by atoms with Gasteiger partial charge in [-0.05, 0) is 53.6 Å². The Balaban J connectivity index is 1.32. The molecule has 1 heteroatoms. The van der Waals surface area contributed by atoms with E-state index in [4.69, 9.17) is 0 Å². The first kappa shape index (κ1) is 23.1. The fourth-order valence-electron chi connectivity index (χ4n) is 5.39. The van der Waals surface area contributed by atoms with Crippen molar-refractivity contribution in [2.24, 2.45) is 0 Å². The number of nitrogens with zero attached hydrogens (tertiary/aromatic N) is 1. The maximum Gasteiger partial charge on any atom is 0.00190 e. The number of likely N-dealkylation sites (tertiary alicyclic amines) is 1. The van der Waals surface area contributed by atoms with Crippen LogP contribution in [0, 0.1) is 0 Å². The van der Waals surface area contributed by atoms with Gasteiger partial charge in [-0.3, -0.25) is 0 Å². The number of hydrogen-bond donors (Lipinski definition) is 0. The quantitative estimate of drug-likeness (QED) is 0.293. The minimum Gasteiger partial charge on any atom is -0.303 e. The van der Waals surface area contributed by atoms with Gasteiger partial charge in [0.25, 0.3) is 0 Å². The van der Waals surface area contributed by atoms with Crippen molar-refractivity contribution in [3.63, 3.8) is 0 Å². The van der Waals surface area contributed by atoms with Gasteiger partial charge in [0.2, 0.25) is 0 Å². The average Bonchev–Trinajstić information content (AvgIpc) is 3.00. The Morgan fingerprint density at radius 3 is 1.69 bits per heavy atom. The van der Waals surface area contributed by atoms with Crippen LogP contribution in [0.4, 0.5) is 0 Å². The smallest absolute Gasteiger partial charge is 0.00190 e. The fourth-order valence-corrected chi connectivity index (χ4v) is 5.39. The van der Waals surface area contributed by atoms with Gasteiger partial charge in [0, 0.05) is 13.1 Å². The highest BCUT2D eigenvalue weighted by Crippen LogP contribution is 2.38. The van der Waals surface area contributed by atoms with E-state index in [2.05, 4.69) is 72.5 Å². The van der Waals surface area contributed by atoms with Crippen molar-refractivity contribution in [1.29, 1.82) is 0 Å². The summed E-state index contributed by atoms with van der Waals surface area (Å²) in [6, 6.07) is 17.9. The van der Waals surface area contributed by atoms with Gasteiger partial charge in [-0.25, -0.2) is 0 Å². The molecular formula is C31H41N. The van der Waals surface area contributed by atoms with Crippen molar-refractivity contribution >= 4 is 17.7 Å². The standard InChI is InChI=1S/C31H41N/c1-2-3-4-5-6-7-8-9-14-23-32-24-21-28(22-25-32)31-29-17-12-10-15-26(29)19-20-27-16-11-13-18-30(27)31/h10-13,15-20H,2-9,14,21-25H2,1H3. The van der Waals surface area contributed by atoms with E-state index in [-0.39, 0.29) is 0 Å². The maximum atomic E-state index is 2.71. The minimum atomic E-state index is 1.20. The molecule has 2 aromatic rings. The van der Waals surface area contributed by atoms with Crippen molar-refractivity contribution in [3.05, 3.63) is 76.4 Å². The predicted octanol–water partition coefficient (Wildman–Crippen LogP) is 8.60. The molecule has 0 N–H and O–H groups in total. The lowest BCUT2D eigenvalue weighted by Gasteiger charge is -2.30. The molecule has 1 aliphatic heterocycles. The molecule has 0 spiro atoms. The number of fused-ring (bicyclic) bond motifs is 2. The van der Waals surface area contributed by atoms with Crippen LogP contribution in [0.3, 0.4) is 0 Å². The van der Waals surface area contributed by atoms with E-state index < -0.39 is 0 Å². The largest absolute Gasteiger partial charge is 0.303 e. The van der Waals surface area contributed by atoms with Crippen LogP contribution < -0.4 is 0 Å². The molecule has 1 fully saturated rings. The Labute approximate surface area is 196 Å². The van der Waals surface area contributed by atoms with Crippen LogP contribution in [0.2, 0.25) is 0 Å². The number of benzene rings is 2. The second kappa shape index (κ2) is 12.2. The second-order valence-corrected chi connectivity index (χ2v) is 9.66. The molecule has 2 aromatic carbocycles. The molecule has 0 aromatic heterocycles. The molecule has 0 saturated carbocycles. The number of rotatable bonds is 10. The summed E-state index contributed by atoms with van der Waals surface area (Å²) < 4.78 is 0. The predicted molar refractivity (Wildman–Crippen MR) is 141 cm³/mol. The molecular weight excluding hydrogens is 386 g/mol. The highest BCUT2D eigenvalue weighted by Gasteiger charge is 2.22. The molecule has 0 atom stereocenters. The van der Waals surface area contributed by atoms with E-state index in [0.717, 1.165) is 0 Å². The van der Waals surface area contributed by atoms with Crippen LogP contribution in [-0.4, -0.2) is 24.5 Å². The summed E-state index contributed by atoms with van der Waals surface area (Å²) in [6.07, 6.45) is 19.7. The second-order valence-electron chi connectivity index (χ2n) is 9.66. The highest BCUT2D eigenvalue weighted by atomic mass is 15.1. The summed E-state index contributed by atoms with van der Waals surface area (Å²) in [6.45, 7) is 6.01. The Bertz CT molecular complexity index is 858. The van der Waals surface area contributed by atoms with Crippen LogP contribution in [-0.2, 0) is 0 Å². The van der Waals surface area contributed by atoms with Crippen molar-refractivity contribution in [2.75, 3.05) is 19.6 Å². The Kier molecular flexibility index (Phi) is 8.79. The number of piperidine rings is 1. The van der Waals surface area contributed by atoms with Gasteiger partial charge in [0.05, 0.1) is 0 Å². The van der Waals surface area contributed by atoms with Gasteiger partial charge in [0.15, 0.2) is 0 Å². The molecule has 0 radical (unpaired) electrons. The minimum absolute atomic E-state index is 1.20. The van der Waals surface area contributed by atoms with Crippen molar-refractivity contribution in [3.8, 4) is 0 Å². The molecule has 4 rings (SSSR count). The summed E-state index contributed by atoms with van der Waals surface area (Å²) in [7, 11) is 0. The third-order valence-corrected chi connectivity index (χ3v) is 7.29. The lowest BCUT2D eigenvalue weighted by Crippen LogP contribution is -2.32. The normalized spacial score (nSPS) is 16.0. The molecule has 2 aliphatic rings. The zero-order chi connectivity index (χ0) is 22.0. The summed E-state index contributed by atoms with van der Waals surface area (Å²) in [4.78, 5) is 2.71. The summed E-state index contributed by atoms with van der Waals surface area (Å²) in [5, 5.41) is 0. The Morgan fingerprint density at radius 2 is 1.12 bits per heavy atom. The molecule has 0 bridgehead atoms. The third kappa shape index (κ3) is 6.01. The zero-order valence-corrected chi connectivity index (χ0v) is 20.1. The third-order valence-electron chi connectivity index (χ3n) is 7.29. The summed E-state index contributed by atoms with van der Waals surface area (Å²) in [5.41, 5.74) is 8.68. The van der Waals surface area contributed by atoms with Gasteiger partial charge in [-0.2, -0.15) is 0 Å². The van der Waals surface area contributed by atoms with Gasteiger partial charge in [-0.15, -0.1) is 0 Å². The van der Waals surface area contributed by atoms with E-state index >= 15 is 0 Å². The summed E-state index contributed by atoms with van der Waals surface area (Å²) in [5.74, 6) is 0. The van der Waals surface area contributed by atoms with Crippen LogP contribution in [0.25, 0.3) is 17.7 Å². The first-order chi connectivity index (χ1) is 15.9. The van der Waals surface area contributed by atoms with E-state index in [0.29, 0.717) is 0 Å². The summed E-state index contributed by atoms with van der Waals surface area (Å²) >= 11 is 0. The molecule has 0 unspecified atom stereocenters. The van der Waals surface area contributed by atoms with Gasteiger partial charge in [0.1, 0.15) is 0 Å². The van der Waals surface area contributed by atoms with Crippen LogP contribution >= 0.6 is 0 Å². The first-order valence-corrected chi connectivity index (χ1v) is 13.2. The number of hydrogen-bond acceptors (Lipinski definition) is 1. The van der Waals surface area contributed by atoms with E-state index in [1.54, 1.807) is 5.57 Å². The topological polar surface area (TPSA) is 3.24 Å². The van der Waals surface area contributed by atoms with Gasteiger partial charge >= 0.3 is 0 Å². The van der Waals surface area contributed by atoms with Crippen molar-refractivity contribution in [1.82, 2.24) is 4.90 Å². The zero-order valence-electron chi connectivity index (χ0n) is 20.1. The Hall–Kier alpha value is -2.12. The van der Waals surface area contributed by atoms with Gasteiger partial charge in [-0.1, -0.05) is 125 Å². The lowest BCUT2D eigenvalue weighted by molar-refractivity contribution is 0.251. The molecule has 1 saturated heterocycles. The molecule has 0 amide bonds. The first-order valence-electron chi connectivity index (χ1n) is 13.2. The monoisotopic (exact) mass is 427 g/mol. The van der Waals surface area contributed by atoms with E-state index in [9.17, 15) is 0 Å². The molecule has 32 heavy (non-hydrogen) atoms.